The van der Waals surface area contributed by atoms with Crippen molar-refractivity contribution in [3.63, 3.8) is 0 Å². The molecular formula is C17H26N2O3. The molecule has 22 heavy (non-hydrogen) atoms. The average Bonchev–Trinajstić information content (AvgIpc) is 3.18. The highest BCUT2D eigenvalue weighted by atomic mass is 16.4. The molecule has 5 nitrogen and oxygen atoms in total. The summed E-state index contributed by atoms with van der Waals surface area (Å²) < 4.78 is 5.30. The molecule has 1 aliphatic heterocycles. The lowest BCUT2D eigenvalue weighted by molar-refractivity contribution is -0.123. The van der Waals surface area contributed by atoms with E-state index >= 15 is 0 Å². The van der Waals surface area contributed by atoms with E-state index < -0.39 is 6.10 Å². The second-order valence-electron chi connectivity index (χ2n) is 6.58. The molecule has 1 saturated heterocycles. The Morgan fingerprint density at radius 3 is 2.95 bits per heavy atom. The fourth-order valence-electron chi connectivity index (χ4n) is 3.25. The van der Waals surface area contributed by atoms with Gasteiger partial charge in [0.1, 0.15) is 11.9 Å². The van der Waals surface area contributed by atoms with Crippen molar-refractivity contribution < 1.29 is 14.3 Å². The van der Waals surface area contributed by atoms with Crippen LogP contribution in [-0.4, -0.2) is 41.1 Å². The molecule has 1 aromatic rings. The Morgan fingerprint density at radius 2 is 2.23 bits per heavy atom. The van der Waals surface area contributed by atoms with Gasteiger partial charge in [0.05, 0.1) is 12.8 Å². The number of aliphatic hydroxyl groups is 1. The molecule has 2 aliphatic rings. The number of hydrogen-bond donors (Lipinski definition) is 2. The summed E-state index contributed by atoms with van der Waals surface area (Å²) >= 11 is 0. The van der Waals surface area contributed by atoms with Gasteiger partial charge in [-0.3, -0.25) is 9.69 Å². The SMILES string of the molecule is O=C(CN1CCCCCC1CC(O)c1ccco1)NC1CC1. The first-order valence-corrected chi connectivity index (χ1v) is 8.47. The zero-order chi connectivity index (χ0) is 15.4. The highest BCUT2D eigenvalue weighted by Gasteiger charge is 2.28. The third-order valence-electron chi connectivity index (χ3n) is 4.66. The Balaban J connectivity index is 1.58. The number of rotatable bonds is 6. The molecule has 2 N–H and O–H groups in total. The van der Waals surface area contributed by atoms with Gasteiger partial charge in [0.25, 0.3) is 0 Å². The third-order valence-corrected chi connectivity index (χ3v) is 4.66. The van der Waals surface area contributed by atoms with E-state index in [1.807, 2.05) is 6.07 Å². The fraction of sp³-hybridized carbons (Fsp3) is 0.706. The molecule has 2 fully saturated rings. The Kier molecular flexibility index (Phi) is 5.16. The quantitative estimate of drug-likeness (QED) is 0.846. The standard InChI is InChI=1S/C17H26N2O3/c20-15(16-6-4-10-22-16)11-14-5-2-1-3-9-19(14)12-17(21)18-13-7-8-13/h4,6,10,13-15,20H,1-3,5,7-9,11-12H2,(H,18,21). The maximum absolute atomic E-state index is 12.1. The third kappa shape index (κ3) is 4.34. The van der Waals surface area contributed by atoms with Crippen LogP contribution in [0.15, 0.2) is 22.8 Å². The predicted molar refractivity (Wildman–Crippen MR) is 83.3 cm³/mol. The van der Waals surface area contributed by atoms with Gasteiger partial charge < -0.3 is 14.8 Å². The molecule has 1 amide bonds. The normalized spacial score (nSPS) is 24.7. The molecule has 2 heterocycles. The van der Waals surface area contributed by atoms with Gasteiger partial charge in [-0.05, 0) is 50.8 Å². The van der Waals surface area contributed by atoms with Crippen LogP contribution in [0.1, 0.15) is 56.8 Å². The number of nitrogens with one attached hydrogen (secondary N) is 1. The number of nitrogens with zero attached hydrogens (tertiary/aromatic N) is 1. The summed E-state index contributed by atoms with van der Waals surface area (Å²) in [5.41, 5.74) is 0. The van der Waals surface area contributed by atoms with Crippen LogP contribution in [0, 0.1) is 0 Å². The minimum atomic E-state index is -0.591. The summed E-state index contributed by atoms with van der Waals surface area (Å²) in [5.74, 6) is 0.744. The van der Waals surface area contributed by atoms with Gasteiger partial charge in [0.15, 0.2) is 0 Å². The molecule has 1 saturated carbocycles. The number of furan rings is 1. The zero-order valence-electron chi connectivity index (χ0n) is 13.0. The van der Waals surface area contributed by atoms with Crippen LogP contribution >= 0.6 is 0 Å². The molecule has 3 rings (SSSR count). The van der Waals surface area contributed by atoms with Crippen molar-refractivity contribution in [3.05, 3.63) is 24.2 Å². The minimum absolute atomic E-state index is 0.127. The van der Waals surface area contributed by atoms with Gasteiger partial charge in [-0.1, -0.05) is 12.8 Å². The number of amides is 1. The average molecular weight is 306 g/mol. The predicted octanol–water partition coefficient (Wildman–Crippen LogP) is 2.23. The number of carbonyl (C=O) groups excluding carboxylic acids is 1. The van der Waals surface area contributed by atoms with Crippen LogP contribution < -0.4 is 5.32 Å². The van der Waals surface area contributed by atoms with Gasteiger partial charge in [0.2, 0.25) is 5.91 Å². The molecule has 0 spiro atoms. The van der Waals surface area contributed by atoms with Crippen molar-refractivity contribution in [1.82, 2.24) is 10.2 Å². The smallest absolute Gasteiger partial charge is 0.234 e. The lowest BCUT2D eigenvalue weighted by atomic mass is 10.0. The van der Waals surface area contributed by atoms with Gasteiger partial charge in [-0.15, -0.1) is 0 Å². The van der Waals surface area contributed by atoms with Crippen molar-refractivity contribution >= 4 is 5.91 Å². The van der Waals surface area contributed by atoms with Gasteiger partial charge in [0, 0.05) is 12.1 Å². The van der Waals surface area contributed by atoms with Crippen LogP contribution in [0.25, 0.3) is 0 Å². The summed E-state index contributed by atoms with van der Waals surface area (Å²) in [5, 5.41) is 13.4. The van der Waals surface area contributed by atoms with Gasteiger partial charge in [-0.25, -0.2) is 0 Å². The molecule has 0 bridgehead atoms. The Morgan fingerprint density at radius 1 is 1.36 bits per heavy atom. The van der Waals surface area contributed by atoms with E-state index in [1.54, 1.807) is 12.3 Å². The van der Waals surface area contributed by atoms with Crippen molar-refractivity contribution in [2.24, 2.45) is 0 Å². The first kappa shape index (κ1) is 15.6. The van der Waals surface area contributed by atoms with Crippen LogP contribution in [0.5, 0.6) is 0 Å². The van der Waals surface area contributed by atoms with E-state index in [2.05, 4.69) is 10.2 Å². The first-order valence-electron chi connectivity index (χ1n) is 8.47. The maximum atomic E-state index is 12.1. The Hall–Kier alpha value is -1.33. The highest BCUT2D eigenvalue weighted by Crippen LogP contribution is 2.26. The van der Waals surface area contributed by atoms with E-state index in [-0.39, 0.29) is 11.9 Å². The summed E-state index contributed by atoms with van der Waals surface area (Å²) in [6.07, 6.45) is 8.39. The molecule has 2 atom stereocenters. The van der Waals surface area contributed by atoms with Crippen LogP contribution in [0.2, 0.25) is 0 Å². The number of aliphatic hydroxyl groups excluding tert-OH is 1. The summed E-state index contributed by atoms with van der Waals surface area (Å²) in [6, 6.07) is 4.26. The molecule has 122 valence electrons. The summed E-state index contributed by atoms with van der Waals surface area (Å²) in [6.45, 7) is 1.39. The fourth-order valence-corrected chi connectivity index (χ4v) is 3.25. The molecule has 1 aromatic heterocycles. The van der Waals surface area contributed by atoms with Crippen molar-refractivity contribution in [2.45, 2.75) is 63.1 Å². The van der Waals surface area contributed by atoms with Gasteiger partial charge in [-0.2, -0.15) is 0 Å². The molecular weight excluding hydrogens is 280 g/mol. The van der Waals surface area contributed by atoms with Crippen molar-refractivity contribution in [1.29, 1.82) is 0 Å². The zero-order valence-corrected chi connectivity index (χ0v) is 13.0. The van der Waals surface area contributed by atoms with E-state index in [1.165, 1.54) is 6.42 Å². The van der Waals surface area contributed by atoms with E-state index in [0.717, 1.165) is 38.6 Å². The monoisotopic (exact) mass is 306 g/mol. The van der Waals surface area contributed by atoms with E-state index in [4.69, 9.17) is 4.42 Å². The molecule has 5 heteroatoms. The maximum Gasteiger partial charge on any atom is 0.234 e. The number of hydrogen-bond acceptors (Lipinski definition) is 4. The summed E-state index contributed by atoms with van der Waals surface area (Å²) in [4.78, 5) is 14.3. The molecule has 0 radical (unpaired) electrons. The Labute approximate surface area is 131 Å². The van der Waals surface area contributed by atoms with Crippen LogP contribution in [0.4, 0.5) is 0 Å². The largest absolute Gasteiger partial charge is 0.467 e. The first-order chi connectivity index (χ1) is 10.7. The second-order valence-corrected chi connectivity index (χ2v) is 6.58. The minimum Gasteiger partial charge on any atom is -0.467 e. The van der Waals surface area contributed by atoms with E-state index in [0.29, 0.717) is 24.8 Å². The molecule has 0 aromatic carbocycles. The van der Waals surface area contributed by atoms with Crippen molar-refractivity contribution in [3.8, 4) is 0 Å². The lowest BCUT2D eigenvalue weighted by Gasteiger charge is -2.30. The van der Waals surface area contributed by atoms with E-state index in [9.17, 15) is 9.90 Å². The lowest BCUT2D eigenvalue weighted by Crippen LogP contribution is -2.43. The van der Waals surface area contributed by atoms with Gasteiger partial charge >= 0.3 is 0 Å². The number of carbonyl (C=O) groups is 1. The second kappa shape index (κ2) is 7.29. The highest BCUT2D eigenvalue weighted by molar-refractivity contribution is 5.78. The van der Waals surface area contributed by atoms with Crippen LogP contribution in [-0.2, 0) is 4.79 Å². The molecule has 2 unspecified atom stereocenters. The van der Waals surface area contributed by atoms with Crippen LogP contribution in [0.3, 0.4) is 0 Å². The van der Waals surface area contributed by atoms with Crippen molar-refractivity contribution in [2.75, 3.05) is 13.1 Å². The summed E-state index contributed by atoms with van der Waals surface area (Å²) in [7, 11) is 0. The Bertz CT molecular complexity index is 470. The topological polar surface area (TPSA) is 65.7 Å². The molecule has 1 aliphatic carbocycles. The number of likely N-dealkylation sites (tertiary alicyclic amines) is 1.